The molecule has 1 unspecified atom stereocenters. The van der Waals surface area contributed by atoms with Crippen LogP contribution in [0.15, 0.2) is 48.5 Å². The predicted molar refractivity (Wildman–Crippen MR) is 74.8 cm³/mol. The molecule has 0 spiro atoms. The lowest BCUT2D eigenvalue weighted by Crippen LogP contribution is -2.18. The van der Waals surface area contributed by atoms with Crippen LogP contribution in [0.4, 0.5) is 5.69 Å². The summed E-state index contributed by atoms with van der Waals surface area (Å²) in [5.41, 5.74) is 8.84. The number of benzene rings is 2. The van der Waals surface area contributed by atoms with Crippen LogP contribution in [0.3, 0.4) is 0 Å². The molecule has 0 aromatic heterocycles. The summed E-state index contributed by atoms with van der Waals surface area (Å²) < 4.78 is 5.41. The van der Waals surface area contributed by atoms with Crippen molar-refractivity contribution in [2.45, 2.75) is 6.04 Å². The van der Waals surface area contributed by atoms with Crippen LogP contribution < -0.4 is 15.8 Å². The molecule has 0 saturated heterocycles. The van der Waals surface area contributed by atoms with Crippen LogP contribution in [0.1, 0.15) is 17.2 Å². The van der Waals surface area contributed by atoms with Gasteiger partial charge < -0.3 is 15.8 Å². The van der Waals surface area contributed by atoms with Gasteiger partial charge in [0.05, 0.1) is 13.2 Å². The molecule has 18 heavy (non-hydrogen) atoms. The molecule has 94 valence electrons. The normalized spacial score (nSPS) is 12.1. The van der Waals surface area contributed by atoms with E-state index in [9.17, 15) is 0 Å². The van der Waals surface area contributed by atoms with Gasteiger partial charge in [0.25, 0.3) is 0 Å². The number of ether oxygens (including phenoxy) is 1. The van der Waals surface area contributed by atoms with E-state index in [2.05, 4.69) is 17.4 Å². The first-order valence-electron chi connectivity index (χ1n) is 5.92. The molecule has 2 aromatic carbocycles. The van der Waals surface area contributed by atoms with Crippen LogP contribution >= 0.6 is 0 Å². The fourth-order valence-corrected chi connectivity index (χ4v) is 2.15. The molecule has 0 aliphatic heterocycles. The van der Waals surface area contributed by atoms with Crippen molar-refractivity contribution >= 4 is 5.69 Å². The van der Waals surface area contributed by atoms with Gasteiger partial charge in [0.15, 0.2) is 0 Å². The Labute approximate surface area is 108 Å². The third-order valence-corrected chi connectivity index (χ3v) is 2.98. The van der Waals surface area contributed by atoms with Gasteiger partial charge in [-0.3, -0.25) is 0 Å². The van der Waals surface area contributed by atoms with Crippen LogP contribution in [-0.2, 0) is 0 Å². The van der Waals surface area contributed by atoms with Gasteiger partial charge in [0.2, 0.25) is 0 Å². The first-order chi connectivity index (χ1) is 8.76. The van der Waals surface area contributed by atoms with Crippen LogP contribution in [0, 0.1) is 0 Å². The summed E-state index contributed by atoms with van der Waals surface area (Å²) in [4.78, 5) is 0. The third-order valence-electron chi connectivity index (χ3n) is 2.98. The van der Waals surface area contributed by atoms with E-state index < -0.39 is 0 Å². The Kier molecular flexibility index (Phi) is 3.85. The molecule has 0 aliphatic carbocycles. The zero-order chi connectivity index (χ0) is 13.0. The van der Waals surface area contributed by atoms with Crippen LogP contribution in [-0.4, -0.2) is 14.2 Å². The molecule has 1 atom stereocenters. The summed E-state index contributed by atoms with van der Waals surface area (Å²) in [5, 5.41) is 3.30. The second-order valence-electron chi connectivity index (χ2n) is 4.13. The Hall–Kier alpha value is -2.00. The summed E-state index contributed by atoms with van der Waals surface area (Å²) in [6.07, 6.45) is 0. The Bertz CT molecular complexity index is 525. The fraction of sp³-hybridized carbons (Fsp3) is 0.200. The highest BCUT2D eigenvalue weighted by Crippen LogP contribution is 2.30. The Morgan fingerprint density at radius 1 is 1.11 bits per heavy atom. The zero-order valence-electron chi connectivity index (χ0n) is 10.7. The standard InChI is InChI=1S/C15H18N2O/c1-17-15(11-6-5-7-12(16)10-11)13-8-3-4-9-14(13)18-2/h3-10,15,17H,16H2,1-2H3. The van der Waals surface area contributed by atoms with E-state index in [4.69, 9.17) is 10.5 Å². The van der Waals surface area contributed by atoms with Gasteiger partial charge in [0, 0.05) is 11.3 Å². The number of nitrogens with one attached hydrogen (secondary N) is 1. The molecular formula is C15H18N2O. The van der Waals surface area contributed by atoms with Gasteiger partial charge in [-0.1, -0.05) is 30.3 Å². The lowest BCUT2D eigenvalue weighted by molar-refractivity contribution is 0.405. The maximum absolute atomic E-state index is 5.84. The van der Waals surface area contributed by atoms with Gasteiger partial charge in [-0.15, -0.1) is 0 Å². The molecule has 0 fully saturated rings. The molecule has 0 amide bonds. The van der Waals surface area contributed by atoms with Crippen molar-refractivity contribution in [3.63, 3.8) is 0 Å². The number of hydrogen-bond acceptors (Lipinski definition) is 3. The predicted octanol–water partition coefficient (Wildman–Crippen LogP) is 2.59. The number of nitrogen functional groups attached to an aromatic ring is 1. The van der Waals surface area contributed by atoms with Gasteiger partial charge in [0.1, 0.15) is 5.75 Å². The first kappa shape index (κ1) is 12.5. The topological polar surface area (TPSA) is 47.3 Å². The fourth-order valence-electron chi connectivity index (χ4n) is 2.15. The Morgan fingerprint density at radius 3 is 2.56 bits per heavy atom. The Balaban J connectivity index is 2.45. The molecule has 0 heterocycles. The molecule has 3 heteroatoms. The van der Waals surface area contributed by atoms with Crippen molar-refractivity contribution in [1.82, 2.24) is 5.32 Å². The van der Waals surface area contributed by atoms with Gasteiger partial charge in [-0.25, -0.2) is 0 Å². The van der Waals surface area contributed by atoms with Crippen molar-refractivity contribution in [3.05, 3.63) is 59.7 Å². The number of anilines is 1. The minimum absolute atomic E-state index is 0.0737. The number of methoxy groups -OCH3 is 1. The SMILES string of the molecule is CNC(c1cccc(N)c1)c1ccccc1OC. The minimum Gasteiger partial charge on any atom is -0.496 e. The highest BCUT2D eigenvalue weighted by atomic mass is 16.5. The number of para-hydroxylation sites is 1. The van der Waals surface area contributed by atoms with Crippen LogP contribution in [0.5, 0.6) is 5.75 Å². The largest absolute Gasteiger partial charge is 0.496 e. The quantitative estimate of drug-likeness (QED) is 0.810. The molecule has 0 bridgehead atoms. The highest BCUT2D eigenvalue weighted by molar-refractivity contribution is 5.47. The molecular weight excluding hydrogens is 224 g/mol. The molecule has 3 nitrogen and oxygen atoms in total. The van der Waals surface area contributed by atoms with E-state index >= 15 is 0 Å². The van der Waals surface area contributed by atoms with Gasteiger partial charge in [-0.2, -0.15) is 0 Å². The van der Waals surface area contributed by atoms with E-state index in [1.807, 2.05) is 43.4 Å². The molecule has 2 rings (SSSR count). The van der Waals surface area contributed by atoms with Crippen molar-refractivity contribution < 1.29 is 4.74 Å². The highest BCUT2D eigenvalue weighted by Gasteiger charge is 2.15. The van der Waals surface area contributed by atoms with Gasteiger partial charge >= 0.3 is 0 Å². The van der Waals surface area contributed by atoms with E-state index in [1.54, 1.807) is 7.11 Å². The van der Waals surface area contributed by atoms with Crippen molar-refractivity contribution in [1.29, 1.82) is 0 Å². The second kappa shape index (κ2) is 5.56. The summed E-state index contributed by atoms with van der Waals surface area (Å²) >= 11 is 0. The number of nitrogens with two attached hydrogens (primary N) is 1. The van der Waals surface area contributed by atoms with E-state index in [-0.39, 0.29) is 6.04 Å². The Morgan fingerprint density at radius 2 is 1.89 bits per heavy atom. The lowest BCUT2D eigenvalue weighted by Gasteiger charge is -2.20. The van der Waals surface area contributed by atoms with Crippen LogP contribution in [0.2, 0.25) is 0 Å². The summed E-state index contributed by atoms with van der Waals surface area (Å²) in [5.74, 6) is 0.874. The molecule has 0 radical (unpaired) electrons. The third kappa shape index (κ3) is 2.46. The number of rotatable bonds is 4. The molecule has 0 saturated carbocycles. The molecule has 0 aliphatic rings. The van der Waals surface area contributed by atoms with E-state index in [0.717, 1.165) is 22.6 Å². The van der Waals surface area contributed by atoms with E-state index in [1.165, 1.54) is 0 Å². The monoisotopic (exact) mass is 242 g/mol. The van der Waals surface area contributed by atoms with Crippen LogP contribution in [0.25, 0.3) is 0 Å². The summed E-state index contributed by atoms with van der Waals surface area (Å²) in [7, 11) is 3.62. The van der Waals surface area contributed by atoms with Crippen molar-refractivity contribution in [3.8, 4) is 5.75 Å². The lowest BCUT2D eigenvalue weighted by atomic mass is 9.97. The first-order valence-corrected chi connectivity index (χ1v) is 5.92. The summed E-state index contributed by atoms with van der Waals surface area (Å²) in [6.45, 7) is 0. The zero-order valence-corrected chi connectivity index (χ0v) is 10.7. The smallest absolute Gasteiger partial charge is 0.123 e. The number of hydrogen-bond donors (Lipinski definition) is 2. The average Bonchev–Trinajstić information content (AvgIpc) is 2.40. The second-order valence-corrected chi connectivity index (χ2v) is 4.13. The van der Waals surface area contributed by atoms with Gasteiger partial charge in [-0.05, 0) is 30.8 Å². The maximum atomic E-state index is 5.84. The van der Waals surface area contributed by atoms with E-state index in [0.29, 0.717) is 0 Å². The minimum atomic E-state index is 0.0737. The average molecular weight is 242 g/mol. The van der Waals surface area contributed by atoms with Crippen molar-refractivity contribution in [2.75, 3.05) is 19.9 Å². The summed E-state index contributed by atoms with van der Waals surface area (Å²) in [6, 6.07) is 16.0. The maximum Gasteiger partial charge on any atom is 0.123 e. The molecule has 3 N–H and O–H groups in total. The molecule has 2 aromatic rings. The van der Waals surface area contributed by atoms with Crippen molar-refractivity contribution in [2.24, 2.45) is 0 Å².